The van der Waals surface area contributed by atoms with E-state index in [4.69, 9.17) is 0 Å². The van der Waals surface area contributed by atoms with Crippen LogP contribution in [0, 0.1) is 17.8 Å². The highest BCUT2D eigenvalue weighted by Gasteiger charge is 2.57. The molecule has 172 valence electrons. The van der Waals surface area contributed by atoms with E-state index in [2.05, 4.69) is 5.32 Å². The number of benzene rings is 1. The molecule has 4 atom stereocenters. The second-order valence-electron chi connectivity index (χ2n) is 9.28. The largest absolute Gasteiger partial charge is 0.396 e. The van der Waals surface area contributed by atoms with Gasteiger partial charge in [-0.1, -0.05) is 30.4 Å². The van der Waals surface area contributed by atoms with Crippen LogP contribution in [0.4, 0.5) is 0 Å². The third kappa shape index (κ3) is 3.70. The Bertz CT molecular complexity index is 1150. The van der Waals surface area contributed by atoms with E-state index < -0.39 is 23.9 Å². The van der Waals surface area contributed by atoms with Crippen molar-refractivity contribution in [1.29, 1.82) is 0 Å². The molecule has 33 heavy (non-hydrogen) atoms. The fourth-order valence-corrected chi connectivity index (χ4v) is 5.42. The molecule has 2 aliphatic heterocycles. The number of fused-ring (bicyclic) bond motifs is 4. The highest BCUT2D eigenvalue weighted by molar-refractivity contribution is 5.96. The predicted octanol–water partition coefficient (Wildman–Crippen LogP) is 2.21. The molecule has 2 bridgehead atoms. The lowest BCUT2D eigenvalue weighted by atomic mass is 9.86. The molecular weight excluding hydrogens is 418 g/mol. The number of allylic oxidation sites excluding steroid dienone is 1. The van der Waals surface area contributed by atoms with E-state index in [9.17, 15) is 19.5 Å². The standard InChI is InChI=1S/C26H29N3O4/c1-2-6-17-11-12-20-23-22(24(31)27-13-16-9-10-16)19(15-30)21(14-28(20)25(17)32)29(23)26(33)18-7-4-3-5-8-18/h2-8,11-12,16,19,21-23,30H,9-10,13-15H2,1H3,(H,27,31)/b6-2+/t19-,21-,22+,23+/m1/s1. The second kappa shape index (κ2) is 8.63. The summed E-state index contributed by atoms with van der Waals surface area (Å²) in [6.07, 6.45) is 5.81. The minimum atomic E-state index is -0.618. The maximum atomic E-state index is 13.6. The van der Waals surface area contributed by atoms with Gasteiger partial charge in [-0.05, 0) is 49.9 Å². The number of aromatic nitrogens is 1. The Hall–Kier alpha value is -3.19. The van der Waals surface area contributed by atoms with Gasteiger partial charge < -0.3 is 19.9 Å². The van der Waals surface area contributed by atoms with Crippen molar-refractivity contribution in [2.45, 2.75) is 38.4 Å². The van der Waals surface area contributed by atoms with Crippen LogP contribution in [0.25, 0.3) is 6.08 Å². The molecule has 1 saturated carbocycles. The summed E-state index contributed by atoms with van der Waals surface area (Å²) in [7, 11) is 0. The number of nitrogens with one attached hydrogen (secondary N) is 1. The van der Waals surface area contributed by atoms with Crippen molar-refractivity contribution in [1.82, 2.24) is 14.8 Å². The Morgan fingerprint density at radius 3 is 2.58 bits per heavy atom. The number of hydrogen-bond acceptors (Lipinski definition) is 4. The van der Waals surface area contributed by atoms with Crippen LogP contribution in [-0.4, -0.2) is 45.6 Å². The van der Waals surface area contributed by atoms with Crippen LogP contribution in [0.3, 0.4) is 0 Å². The Labute approximate surface area is 192 Å². The average Bonchev–Trinajstić information content (AvgIpc) is 3.63. The van der Waals surface area contributed by atoms with E-state index in [-0.39, 0.29) is 30.5 Å². The zero-order valence-electron chi connectivity index (χ0n) is 18.7. The molecule has 2 fully saturated rings. The molecule has 7 nitrogen and oxygen atoms in total. The molecule has 3 heterocycles. The van der Waals surface area contributed by atoms with Crippen LogP contribution in [-0.2, 0) is 11.3 Å². The Morgan fingerprint density at radius 2 is 1.91 bits per heavy atom. The number of carbonyl (C=O) groups is 2. The summed E-state index contributed by atoms with van der Waals surface area (Å²) in [6, 6.07) is 11.5. The molecule has 2 N–H and O–H groups in total. The van der Waals surface area contributed by atoms with Gasteiger partial charge in [0.2, 0.25) is 5.91 Å². The summed E-state index contributed by atoms with van der Waals surface area (Å²) in [5.41, 5.74) is 1.61. The van der Waals surface area contributed by atoms with Gasteiger partial charge in [-0.3, -0.25) is 14.4 Å². The summed E-state index contributed by atoms with van der Waals surface area (Å²) in [5, 5.41) is 13.4. The number of hydrogen-bond donors (Lipinski definition) is 2. The van der Waals surface area contributed by atoms with E-state index in [0.717, 1.165) is 12.8 Å². The van der Waals surface area contributed by atoms with Gasteiger partial charge in [-0.15, -0.1) is 0 Å². The van der Waals surface area contributed by atoms with Crippen LogP contribution in [0.15, 0.2) is 53.3 Å². The van der Waals surface area contributed by atoms with Crippen LogP contribution in [0.1, 0.15) is 47.4 Å². The number of amides is 2. The van der Waals surface area contributed by atoms with E-state index in [0.29, 0.717) is 29.3 Å². The third-order valence-corrected chi connectivity index (χ3v) is 7.24. The Kier molecular flexibility index (Phi) is 5.66. The molecule has 2 amide bonds. The zero-order chi connectivity index (χ0) is 23.1. The Balaban J connectivity index is 1.61. The summed E-state index contributed by atoms with van der Waals surface area (Å²) < 4.78 is 1.69. The zero-order valence-corrected chi connectivity index (χ0v) is 18.7. The summed E-state index contributed by atoms with van der Waals surface area (Å²) in [6.45, 7) is 2.50. The Morgan fingerprint density at radius 1 is 1.15 bits per heavy atom. The maximum Gasteiger partial charge on any atom is 0.258 e. The molecule has 2 aromatic rings. The van der Waals surface area contributed by atoms with Gasteiger partial charge in [0.25, 0.3) is 11.5 Å². The highest BCUT2D eigenvalue weighted by Crippen LogP contribution is 2.49. The second-order valence-corrected chi connectivity index (χ2v) is 9.28. The number of rotatable bonds is 6. The summed E-state index contributed by atoms with van der Waals surface area (Å²) >= 11 is 0. The molecule has 0 unspecified atom stereocenters. The maximum absolute atomic E-state index is 13.6. The summed E-state index contributed by atoms with van der Waals surface area (Å²) in [4.78, 5) is 42.0. The summed E-state index contributed by atoms with van der Waals surface area (Å²) in [5.74, 6) is -0.892. The van der Waals surface area contributed by atoms with E-state index >= 15 is 0 Å². The molecular formula is C26H29N3O4. The first-order valence-electron chi connectivity index (χ1n) is 11.7. The number of pyridine rings is 1. The van der Waals surface area contributed by atoms with Gasteiger partial charge in [-0.25, -0.2) is 0 Å². The first-order valence-corrected chi connectivity index (χ1v) is 11.7. The van der Waals surface area contributed by atoms with Crippen molar-refractivity contribution in [3.05, 3.63) is 75.7 Å². The van der Waals surface area contributed by atoms with Gasteiger partial charge in [-0.2, -0.15) is 0 Å². The monoisotopic (exact) mass is 447 g/mol. The number of aliphatic hydroxyl groups excluding tert-OH is 1. The fourth-order valence-electron chi connectivity index (χ4n) is 5.42. The van der Waals surface area contributed by atoms with Crippen LogP contribution in [0.5, 0.6) is 0 Å². The van der Waals surface area contributed by atoms with Crippen LogP contribution in [0.2, 0.25) is 0 Å². The van der Waals surface area contributed by atoms with Crippen molar-refractivity contribution in [3.63, 3.8) is 0 Å². The van der Waals surface area contributed by atoms with E-state index in [1.165, 1.54) is 0 Å². The smallest absolute Gasteiger partial charge is 0.258 e. The predicted molar refractivity (Wildman–Crippen MR) is 124 cm³/mol. The van der Waals surface area contributed by atoms with Gasteiger partial charge in [0.1, 0.15) is 0 Å². The minimum Gasteiger partial charge on any atom is -0.396 e. The molecule has 0 radical (unpaired) electrons. The first kappa shape index (κ1) is 21.6. The number of carbonyl (C=O) groups excluding carboxylic acids is 2. The van der Waals surface area contributed by atoms with Crippen molar-refractivity contribution in [2.75, 3.05) is 13.2 Å². The van der Waals surface area contributed by atoms with E-state index in [1.807, 2.05) is 37.3 Å². The lowest BCUT2D eigenvalue weighted by Gasteiger charge is -2.38. The normalized spacial score (nSPS) is 25.8. The van der Waals surface area contributed by atoms with E-state index in [1.54, 1.807) is 33.7 Å². The van der Waals surface area contributed by atoms with Crippen LogP contribution < -0.4 is 10.9 Å². The van der Waals surface area contributed by atoms with Gasteiger partial charge in [0.05, 0.1) is 18.0 Å². The average molecular weight is 448 g/mol. The van der Waals surface area contributed by atoms with Crippen molar-refractivity contribution >= 4 is 17.9 Å². The van der Waals surface area contributed by atoms with Gasteiger partial charge in [0.15, 0.2) is 0 Å². The molecule has 3 aliphatic rings. The molecule has 1 saturated heterocycles. The molecule has 0 spiro atoms. The number of aliphatic hydroxyl groups is 1. The molecule has 1 aromatic carbocycles. The topological polar surface area (TPSA) is 91.6 Å². The van der Waals surface area contributed by atoms with Gasteiger partial charge >= 0.3 is 0 Å². The lowest BCUT2D eigenvalue weighted by Crippen LogP contribution is -2.49. The quantitative estimate of drug-likeness (QED) is 0.710. The van der Waals surface area contributed by atoms with Crippen molar-refractivity contribution in [2.24, 2.45) is 17.8 Å². The van der Waals surface area contributed by atoms with Crippen molar-refractivity contribution < 1.29 is 14.7 Å². The lowest BCUT2D eigenvalue weighted by molar-refractivity contribution is -0.127. The minimum absolute atomic E-state index is 0.136. The first-order chi connectivity index (χ1) is 16.0. The number of nitrogens with zero attached hydrogens (tertiary/aromatic N) is 2. The van der Waals surface area contributed by atoms with Crippen molar-refractivity contribution in [3.8, 4) is 0 Å². The molecule has 7 heteroatoms. The molecule has 1 aromatic heterocycles. The van der Waals surface area contributed by atoms with Crippen LogP contribution >= 0.6 is 0 Å². The fraction of sp³-hybridized carbons (Fsp3) is 0.423. The molecule has 5 rings (SSSR count). The SMILES string of the molecule is C/C=C/c1ccc2n(c1=O)C[C@@H]1[C@@H](CO)[C@H](C(=O)NCC3CC3)[C@H]2N1C(=O)c1ccccc1. The highest BCUT2D eigenvalue weighted by atomic mass is 16.3. The third-order valence-electron chi connectivity index (χ3n) is 7.24. The molecule has 1 aliphatic carbocycles. The van der Waals surface area contributed by atoms with Gasteiger partial charge in [0, 0.05) is 42.4 Å².